The van der Waals surface area contributed by atoms with Crippen LogP contribution in [0, 0.1) is 6.92 Å². The molecule has 0 aromatic carbocycles. The second kappa shape index (κ2) is 3.47. The maximum atomic E-state index is 5.62. The fourth-order valence-corrected chi connectivity index (χ4v) is 1.95. The van der Waals surface area contributed by atoms with Crippen LogP contribution in [0.5, 0.6) is 0 Å². The Balaban J connectivity index is 2.41. The normalized spacial score (nSPS) is 10.6. The molecule has 0 saturated carbocycles. The Bertz CT molecular complexity index is 410. The molecule has 0 bridgehead atoms. The first-order chi connectivity index (χ1) is 6.31. The van der Waals surface area contributed by atoms with Gasteiger partial charge in [0.1, 0.15) is 5.01 Å². The van der Waals surface area contributed by atoms with E-state index in [-0.39, 0.29) is 0 Å². The lowest BCUT2D eigenvalue weighted by atomic mass is 10.3. The molecule has 0 fully saturated rings. The van der Waals surface area contributed by atoms with Gasteiger partial charge in [-0.05, 0) is 18.6 Å². The van der Waals surface area contributed by atoms with E-state index in [1.54, 1.807) is 6.26 Å². The van der Waals surface area contributed by atoms with Gasteiger partial charge in [0.25, 0.3) is 0 Å². The van der Waals surface area contributed by atoms with Crippen molar-refractivity contribution < 1.29 is 4.42 Å². The average molecular weight is 215 g/mol. The molecule has 0 unspecified atom stereocenters. The first kappa shape index (κ1) is 8.72. The Hall–Kier alpha value is -0.870. The van der Waals surface area contributed by atoms with E-state index in [9.17, 15) is 0 Å². The van der Waals surface area contributed by atoms with Gasteiger partial charge in [-0.1, -0.05) is 11.3 Å². The van der Waals surface area contributed by atoms with Crippen LogP contribution in [0.25, 0.3) is 10.8 Å². The van der Waals surface area contributed by atoms with Gasteiger partial charge in [0.2, 0.25) is 0 Å². The van der Waals surface area contributed by atoms with Crippen LogP contribution in [0.1, 0.15) is 10.6 Å². The zero-order valence-corrected chi connectivity index (χ0v) is 8.52. The summed E-state index contributed by atoms with van der Waals surface area (Å²) in [6.45, 7) is 1.97. The first-order valence-corrected chi connectivity index (χ1v) is 5.09. The topological polar surface area (TPSA) is 38.9 Å². The van der Waals surface area contributed by atoms with Gasteiger partial charge in [0.15, 0.2) is 10.8 Å². The highest BCUT2D eigenvalue weighted by molar-refractivity contribution is 7.14. The average Bonchev–Trinajstić information content (AvgIpc) is 2.71. The standard InChI is InChI=1S/C8H7ClN2OS/c1-5-2-3-12-7(5)8-11-10-6(4-9)13-8/h2-3H,4H2,1H3. The van der Waals surface area contributed by atoms with E-state index in [1.807, 2.05) is 13.0 Å². The van der Waals surface area contributed by atoms with Crippen LogP contribution in [0.4, 0.5) is 0 Å². The van der Waals surface area contributed by atoms with Crippen molar-refractivity contribution in [3.63, 3.8) is 0 Å². The van der Waals surface area contributed by atoms with Gasteiger partial charge >= 0.3 is 0 Å². The fraction of sp³-hybridized carbons (Fsp3) is 0.250. The minimum Gasteiger partial charge on any atom is -0.461 e. The number of alkyl halides is 1. The van der Waals surface area contributed by atoms with E-state index in [0.29, 0.717) is 5.88 Å². The number of rotatable bonds is 2. The van der Waals surface area contributed by atoms with Crippen molar-refractivity contribution in [2.24, 2.45) is 0 Å². The molecule has 0 atom stereocenters. The Morgan fingerprint density at radius 1 is 1.54 bits per heavy atom. The number of aryl methyl sites for hydroxylation is 1. The molecule has 0 aliphatic heterocycles. The van der Waals surface area contributed by atoms with E-state index in [0.717, 1.165) is 21.3 Å². The van der Waals surface area contributed by atoms with Crippen LogP contribution < -0.4 is 0 Å². The van der Waals surface area contributed by atoms with Gasteiger partial charge < -0.3 is 4.42 Å². The molecular formula is C8H7ClN2OS. The minimum absolute atomic E-state index is 0.400. The Morgan fingerprint density at radius 3 is 2.92 bits per heavy atom. The summed E-state index contributed by atoms with van der Waals surface area (Å²) in [5.41, 5.74) is 1.07. The van der Waals surface area contributed by atoms with Gasteiger partial charge in [-0.25, -0.2) is 0 Å². The van der Waals surface area contributed by atoms with Crippen LogP contribution in [0.3, 0.4) is 0 Å². The van der Waals surface area contributed by atoms with Crippen molar-refractivity contribution in [3.05, 3.63) is 22.9 Å². The summed E-state index contributed by atoms with van der Waals surface area (Å²) < 4.78 is 5.27. The van der Waals surface area contributed by atoms with Gasteiger partial charge in [0, 0.05) is 0 Å². The van der Waals surface area contributed by atoms with Crippen molar-refractivity contribution in [1.29, 1.82) is 0 Å². The Morgan fingerprint density at radius 2 is 2.38 bits per heavy atom. The van der Waals surface area contributed by atoms with Crippen molar-refractivity contribution in [1.82, 2.24) is 10.2 Å². The highest BCUT2D eigenvalue weighted by Gasteiger charge is 2.10. The Kier molecular flexibility index (Phi) is 2.33. The third kappa shape index (κ3) is 1.59. The van der Waals surface area contributed by atoms with Crippen LogP contribution in [0.15, 0.2) is 16.7 Å². The van der Waals surface area contributed by atoms with Crippen molar-refractivity contribution in [2.75, 3.05) is 0 Å². The van der Waals surface area contributed by atoms with Crippen molar-refractivity contribution >= 4 is 22.9 Å². The summed E-state index contributed by atoms with van der Waals surface area (Å²) in [6, 6.07) is 1.90. The zero-order valence-electron chi connectivity index (χ0n) is 6.95. The molecule has 2 heterocycles. The van der Waals surface area contributed by atoms with E-state index in [2.05, 4.69) is 10.2 Å². The molecule has 0 amide bonds. The third-order valence-electron chi connectivity index (χ3n) is 1.64. The lowest BCUT2D eigenvalue weighted by Crippen LogP contribution is -1.76. The number of hydrogen-bond donors (Lipinski definition) is 0. The number of halogens is 1. The summed E-state index contributed by atoms with van der Waals surface area (Å²) in [5, 5.41) is 9.49. The number of nitrogens with zero attached hydrogens (tertiary/aromatic N) is 2. The lowest BCUT2D eigenvalue weighted by Gasteiger charge is -1.88. The predicted octanol–water partition coefficient (Wildman–Crippen LogP) is 2.85. The second-order valence-electron chi connectivity index (χ2n) is 2.57. The minimum atomic E-state index is 0.400. The van der Waals surface area contributed by atoms with Gasteiger partial charge in [-0.2, -0.15) is 0 Å². The number of hydrogen-bond acceptors (Lipinski definition) is 4. The molecule has 0 saturated heterocycles. The molecule has 0 spiro atoms. The Labute approximate surface area is 84.4 Å². The lowest BCUT2D eigenvalue weighted by molar-refractivity contribution is 0.579. The monoisotopic (exact) mass is 214 g/mol. The summed E-state index contributed by atoms with van der Waals surface area (Å²) >= 11 is 7.08. The van der Waals surface area contributed by atoms with E-state index >= 15 is 0 Å². The fourth-order valence-electron chi connectivity index (χ4n) is 0.991. The molecule has 3 nitrogen and oxygen atoms in total. The van der Waals surface area contributed by atoms with Gasteiger partial charge in [0.05, 0.1) is 12.1 Å². The zero-order chi connectivity index (χ0) is 9.26. The highest BCUT2D eigenvalue weighted by atomic mass is 35.5. The largest absolute Gasteiger partial charge is 0.461 e. The summed E-state index contributed by atoms with van der Waals surface area (Å²) in [6.07, 6.45) is 1.65. The van der Waals surface area contributed by atoms with E-state index in [4.69, 9.17) is 16.0 Å². The molecule has 13 heavy (non-hydrogen) atoms. The maximum absolute atomic E-state index is 5.62. The predicted molar refractivity (Wildman–Crippen MR) is 51.9 cm³/mol. The summed E-state index contributed by atoms with van der Waals surface area (Å²) in [4.78, 5) is 0. The SMILES string of the molecule is Cc1ccoc1-c1nnc(CCl)s1. The molecule has 0 N–H and O–H groups in total. The summed E-state index contributed by atoms with van der Waals surface area (Å²) in [5.74, 6) is 1.19. The number of furan rings is 1. The van der Waals surface area contributed by atoms with Crippen LogP contribution in [0.2, 0.25) is 0 Å². The van der Waals surface area contributed by atoms with Gasteiger partial charge in [-0.15, -0.1) is 21.8 Å². The molecule has 0 aliphatic rings. The quantitative estimate of drug-likeness (QED) is 0.722. The van der Waals surface area contributed by atoms with E-state index < -0.39 is 0 Å². The maximum Gasteiger partial charge on any atom is 0.183 e. The number of aromatic nitrogens is 2. The molecule has 0 aliphatic carbocycles. The van der Waals surface area contributed by atoms with Crippen molar-refractivity contribution in [2.45, 2.75) is 12.8 Å². The second-order valence-corrected chi connectivity index (χ2v) is 3.90. The molecule has 5 heteroatoms. The van der Waals surface area contributed by atoms with Crippen LogP contribution in [-0.4, -0.2) is 10.2 Å². The highest BCUT2D eigenvalue weighted by Crippen LogP contribution is 2.27. The van der Waals surface area contributed by atoms with E-state index in [1.165, 1.54) is 11.3 Å². The molecule has 2 rings (SSSR count). The van der Waals surface area contributed by atoms with Crippen LogP contribution in [-0.2, 0) is 5.88 Å². The summed E-state index contributed by atoms with van der Waals surface area (Å²) in [7, 11) is 0. The third-order valence-corrected chi connectivity index (χ3v) is 2.97. The molecule has 2 aromatic heterocycles. The van der Waals surface area contributed by atoms with Gasteiger partial charge in [-0.3, -0.25) is 0 Å². The van der Waals surface area contributed by atoms with Crippen LogP contribution >= 0.6 is 22.9 Å². The molecule has 0 radical (unpaired) electrons. The molecular weight excluding hydrogens is 208 g/mol. The molecule has 68 valence electrons. The molecule has 2 aromatic rings. The first-order valence-electron chi connectivity index (χ1n) is 3.74. The van der Waals surface area contributed by atoms with Crippen molar-refractivity contribution in [3.8, 4) is 10.8 Å². The smallest absolute Gasteiger partial charge is 0.183 e.